The van der Waals surface area contributed by atoms with E-state index in [1.807, 2.05) is 13.0 Å². The summed E-state index contributed by atoms with van der Waals surface area (Å²) in [6.07, 6.45) is 2.91. The average molecular weight is 195 g/mol. The van der Waals surface area contributed by atoms with Crippen molar-refractivity contribution < 1.29 is 14.6 Å². The van der Waals surface area contributed by atoms with Crippen molar-refractivity contribution >= 4 is 5.97 Å². The first kappa shape index (κ1) is 10.7. The number of rotatable bonds is 4. The molecule has 0 radical (unpaired) electrons. The lowest BCUT2D eigenvalue weighted by Gasteiger charge is -2.11. The smallest absolute Gasteiger partial charge is 0.333 e. The van der Waals surface area contributed by atoms with E-state index in [1.165, 1.54) is 7.11 Å². The Hall–Kier alpha value is -1.42. The number of carboxylic acids is 1. The standard InChI is InChI=1S/C10H13NO3/c1-7-3-4-11-6-8(7)5-9(14-2)10(12)13/h3-4,6,9H,5H2,1-2H3,(H,12,13). The lowest BCUT2D eigenvalue weighted by molar-refractivity contribution is -0.148. The van der Waals surface area contributed by atoms with Gasteiger partial charge in [0.2, 0.25) is 0 Å². The van der Waals surface area contributed by atoms with Crippen molar-refractivity contribution in [2.45, 2.75) is 19.4 Å². The van der Waals surface area contributed by atoms with Gasteiger partial charge in [0.05, 0.1) is 0 Å². The third kappa shape index (κ3) is 2.53. The summed E-state index contributed by atoms with van der Waals surface area (Å²) in [6.45, 7) is 1.92. The highest BCUT2D eigenvalue weighted by Crippen LogP contribution is 2.09. The number of pyridine rings is 1. The molecule has 4 heteroatoms. The molecule has 76 valence electrons. The van der Waals surface area contributed by atoms with Crippen LogP contribution in [-0.4, -0.2) is 29.3 Å². The van der Waals surface area contributed by atoms with E-state index in [9.17, 15) is 4.79 Å². The predicted molar refractivity (Wildman–Crippen MR) is 51.1 cm³/mol. The van der Waals surface area contributed by atoms with E-state index in [0.717, 1.165) is 11.1 Å². The molecular formula is C10H13NO3. The first-order valence-corrected chi connectivity index (χ1v) is 4.30. The Morgan fingerprint density at radius 1 is 1.71 bits per heavy atom. The lowest BCUT2D eigenvalue weighted by atomic mass is 10.1. The summed E-state index contributed by atoms with van der Waals surface area (Å²) in [6, 6.07) is 1.85. The number of methoxy groups -OCH3 is 1. The minimum atomic E-state index is -0.948. The minimum absolute atomic E-state index is 0.353. The van der Waals surface area contributed by atoms with E-state index in [0.29, 0.717) is 6.42 Å². The monoisotopic (exact) mass is 195 g/mol. The molecule has 1 heterocycles. The zero-order chi connectivity index (χ0) is 10.6. The van der Waals surface area contributed by atoms with Gasteiger partial charge in [0.1, 0.15) is 0 Å². The predicted octanol–water partition coefficient (Wildman–Crippen LogP) is 1.03. The van der Waals surface area contributed by atoms with Gasteiger partial charge in [0.25, 0.3) is 0 Å². The molecule has 0 spiro atoms. The Labute approximate surface area is 82.5 Å². The van der Waals surface area contributed by atoms with Gasteiger partial charge in [-0.25, -0.2) is 4.79 Å². The first-order valence-electron chi connectivity index (χ1n) is 4.30. The van der Waals surface area contributed by atoms with Crippen LogP contribution < -0.4 is 0 Å². The normalized spacial score (nSPS) is 12.4. The SMILES string of the molecule is COC(Cc1cnccc1C)C(=O)O. The largest absolute Gasteiger partial charge is 0.479 e. The molecular weight excluding hydrogens is 182 g/mol. The molecule has 1 aromatic heterocycles. The molecule has 1 N–H and O–H groups in total. The summed E-state index contributed by atoms with van der Waals surface area (Å²) in [4.78, 5) is 14.6. The molecule has 0 amide bonds. The van der Waals surface area contributed by atoms with Gasteiger partial charge in [0.15, 0.2) is 6.10 Å². The highest BCUT2D eigenvalue weighted by Gasteiger charge is 2.17. The molecule has 4 nitrogen and oxygen atoms in total. The molecule has 0 aliphatic rings. The Balaban J connectivity index is 2.77. The van der Waals surface area contributed by atoms with Gasteiger partial charge in [-0.2, -0.15) is 0 Å². The number of carboxylic acid groups (broad SMARTS) is 1. The maximum Gasteiger partial charge on any atom is 0.333 e. The van der Waals surface area contributed by atoms with Crippen LogP contribution in [0.15, 0.2) is 18.5 Å². The molecule has 1 unspecified atom stereocenters. The molecule has 14 heavy (non-hydrogen) atoms. The second kappa shape index (κ2) is 4.72. The van der Waals surface area contributed by atoms with Crippen LogP contribution in [0.25, 0.3) is 0 Å². The summed E-state index contributed by atoms with van der Waals surface area (Å²) in [5.74, 6) is -0.948. The van der Waals surface area contributed by atoms with Gasteiger partial charge in [-0.3, -0.25) is 4.98 Å². The third-order valence-corrected chi connectivity index (χ3v) is 2.11. The van der Waals surface area contributed by atoms with Gasteiger partial charge in [0, 0.05) is 25.9 Å². The highest BCUT2D eigenvalue weighted by molar-refractivity contribution is 5.72. The average Bonchev–Trinajstić information content (AvgIpc) is 2.16. The van der Waals surface area contributed by atoms with Gasteiger partial charge in [-0.1, -0.05) is 0 Å². The molecule has 0 saturated heterocycles. The van der Waals surface area contributed by atoms with Gasteiger partial charge < -0.3 is 9.84 Å². The second-order valence-electron chi connectivity index (χ2n) is 3.07. The van der Waals surface area contributed by atoms with E-state index in [2.05, 4.69) is 4.98 Å². The lowest BCUT2D eigenvalue weighted by Crippen LogP contribution is -2.25. The summed E-state index contributed by atoms with van der Waals surface area (Å²) in [5, 5.41) is 8.78. The van der Waals surface area contributed by atoms with Crippen LogP contribution in [0.5, 0.6) is 0 Å². The molecule has 0 fully saturated rings. The Morgan fingerprint density at radius 2 is 2.43 bits per heavy atom. The Bertz CT molecular complexity index is 325. The van der Waals surface area contributed by atoms with E-state index < -0.39 is 12.1 Å². The number of ether oxygens (including phenoxy) is 1. The molecule has 0 aromatic carbocycles. The molecule has 0 aliphatic carbocycles. The van der Waals surface area contributed by atoms with Crippen molar-refractivity contribution in [1.29, 1.82) is 0 Å². The molecule has 1 rings (SSSR count). The zero-order valence-electron chi connectivity index (χ0n) is 8.23. The number of aryl methyl sites for hydroxylation is 1. The quantitative estimate of drug-likeness (QED) is 0.779. The Kier molecular flexibility index (Phi) is 3.59. The minimum Gasteiger partial charge on any atom is -0.479 e. The fraction of sp³-hybridized carbons (Fsp3) is 0.400. The topological polar surface area (TPSA) is 59.4 Å². The fourth-order valence-corrected chi connectivity index (χ4v) is 1.18. The zero-order valence-corrected chi connectivity index (χ0v) is 8.23. The molecule has 0 aliphatic heterocycles. The Morgan fingerprint density at radius 3 is 2.93 bits per heavy atom. The molecule has 0 bridgehead atoms. The van der Waals surface area contributed by atoms with Crippen molar-refractivity contribution in [3.63, 3.8) is 0 Å². The second-order valence-corrected chi connectivity index (χ2v) is 3.07. The van der Waals surface area contributed by atoms with E-state index in [-0.39, 0.29) is 0 Å². The number of aromatic nitrogens is 1. The summed E-state index contributed by atoms with van der Waals surface area (Å²) >= 11 is 0. The van der Waals surface area contributed by atoms with Crippen LogP contribution in [0.1, 0.15) is 11.1 Å². The molecule has 1 atom stereocenters. The number of nitrogens with zero attached hydrogens (tertiary/aromatic N) is 1. The van der Waals surface area contributed by atoms with E-state index in [4.69, 9.17) is 9.84 Å². The van der Waals surface area contributed by atoms with Gasteiger partial charge in [-0.05, 0) is 24.1 Å². The van der Waals surface area contributed by atoms with Crippen LogP contribution in [0.2, 0.25) is 0 Å². The van der Waals surface area contributed by atoms with Crippen LogP contribution >= 0.6 is 0 Å². The molecule has 0 saturated carbocycles. The van der Waals surface area contributed by atoms with Crippen LogP contribution in [0, 0.1) is 6.92 Å². The third-order valence-electron chi connectivity index (χ3n) is 2.11. The van der Waals surface area contributed by atoms with Crippen molar-refractivity contribution in [3.05, 3.63) is 29.6 Å². The summed E-state index contributed by atoms with van der Waals surface area (Å²) in [7, 11) is 1.39. The van der Waals surface area contributed by atoms with Crippen molar-refractivity contribution in [2.24, 2.45) is 0 Å². The maximum atomic E-state index is 10.7. The van der Waals surface area contributed by atoms with Crippen molar-refractivity contribution in [3.8, 4) is 0 Å². The van der Waals surface area contributed by atoms with Gasteiger partial charge >= 0.3 is 5.97 Å². The summed E-state index contributed by atoms with van der Waals surface area (Å²) in [5.41, 5.74) is 1.94. The van der Waals surface area contributed by atoms with Crippen molar-refractivity contribution in [1.82, 2.24) is 4.98 Å². The first-order chi connectivity index (χ1) is 6.65. The molecule has 1 aromatic rings. The van der Waals surface area contributed by atoms with Crippen molar-refractivity contribution in [2.75, 3.05) is 7.11 Å². The fourth-order valence-electron chi connectivity index (χ4n) is 1.18. The van der Waals surface area contributed by atoms with Gasteiger partial charge in [-0.15, -0.1) is 0 Å². The van der Waals surface area contributed by atoms with Crippen LogP contribution in [0.3, 0.4) is 0 Å². The van der Waals surface area contributed by atoms with Crippen LogP contribution in [0.4, 0.5) is 0 Å². The van der Waals surface area contributed by atoms with E-state index >= 15 is 0 Å². The summed E-state index contributed by atoms with van der Waals surface area (Å²) < 4.78 is 4.84. The number of hydrogen-bond acceptors (Lipinski definition) is 3. The number of hydrogen-bond donors (Lipinski definition) is 1. The van der Waals surface area contributed by atoms with E-state index in [1.54, 1.807) is 12.4 Å². The van der Waals surface area contributed by atoms with Crippen LogP contribution in [-0.2, 0) is 16.0 Å². The number of aliphatic carboxylic acids is 1. The highest BCUT2D eigenvalue weighted by atomic mass is 16.5. The number of carbonyl (C=O) groups is 1. The maximum absolute atomic E-state index is 10.7.